The molecule has 0 aromatic carbocycles. The number of aliphatic hydroxyl groups excluding tert-OH is 1. The molecule has 216 valence electrons. The predicted octanol–water partition coefficient (Wildman–Crippen LogP) is 2.58. The van der Waals surface area contributed by atoms with Crippen molar-refractivity contribution in [2.45, 2.75) is 116 Å². The molecule has 0 aromatic heterocycles. The highest BCUT2D eigenvalue weighted by molar-refractivity contribution is 5.93. The van der Waals surface area contributed by atoms with Gasteiger partial charge in [0.25, 0.3) is 0 Å². The van der Waals surface area contributed by atoms with Gasteiger partial charge in [-0.15, -0.1) is 0 Å². The van der Waals surface area contributed by atoms with E-state index in [1.165, 1.54) is 64.0 Å². The van der Waals surface area contributed by atoms with Crippen LogP contribution < -0.4 is 26.6 Å². The van der Waals surface area contributed by atoms with Gasteiger partial charge in [0.1, 0.15) is 12.1 Å². The molecule has 0 fully saturated rings. The van der Waals surface area contributed by atoms with Gasteiger partial charge in [-0.1, -0.05) is 82.9 Å². The van der Waals surface area contributed by atoms with E-state index < -0.39 is 42.1 Å². The molecule has 0 radical (unpaired) electrons. The zero-order valence-electron chi connectivity index (χ0n) is 23.4. The Morgan fingerprint density at radius 1 is 1.03 bits per heavy atom. The van der Waals surface area contributed by atoms with Crippen molar-refractivity contribution in [1.82, 2.24) is 26.6 Å². The standard InChI is InChI=1S/C28H49N5O5/c1-4-5-6-7-8-9-10-11-12-14-20-30-28(38)33-25(22(3)34)27(37)32-23-16-13-15-19-29-24(35)18-17-21(2)31-26(23)36/h13,16-18,21-23,25,34H,4-12,14-15,19-20H2,1-3H3,(H,29,35)(H,31,36)(H,32,37)(H2,30,33,38)/b16-13+,18-17+/t21-,22?,23-,25?/m0/s1. The average Bonchev–Trinajstić information content (AvgIpc) is 2.87. The second-order valence-electron chi connectivity index (χ2n) is 9.95. The number of nitrogens with one attached hydrogen (secondary N) is 5. The molecule has 38 heavy (non-hydrogen) atoms. The summed E-state index contributed by atoms with van der Waals surface area (Å²) < 4.78 is 0. The lowest BCUT2D eigenvalue weighted by Gasteiger charge is -2.24. The Labute approximate surface area is 227 Å². The van der Waals surface area contributed by atoms with Gasteiger partial charge in [-0.2, -0.15) is 0 Å². The quantitative estimate of drug-likeness (QED) is 0.141. The first-order valence-electron chi connectivity index (χ1n) is 14.2. The second-order valence-corrected chi connectivity index (χ2v) is 9.95. The fourth-order valence-corrected chi connectivity index (χ4v) is 4.02. The van der Waals surface area contributed by atoms with Crippen LogP contribution in [0.4, 0.5) is 4.79 Å². The fourth-order valence-electron chi connectivity index (χ4n) is 4.02. The normalized spacial score (nSPS) is 21.5. The highest BCUT2D eigenvalue weighted by Crippen LogP contribution is 2.10. The van der Waals surface area contributed by atoms with Crippen LogP contribution in [0.15, 0.2) is 24.3 Å². The summed E-state index contributed by atoms with van der Waals surface area (Å²) in [7, 11) is 0. The predicted molar refractivity (Wildman–Crippen MR) is 149 cm³/mol. The van der Waals surface area contributed by atoms with E-state index in [2.05, 4.69) is 33.5 Å². The topological polar surface area (TPSA) is 149 Å². The van der Waals surface area contributed by atoms with Crippen molar-refractivity contribution >= 4 is 23.8 Å². The third kappa shape index (κ3) is 15.4. The molecule has 0 spiro atoms. The van der Waals surface area contributed by atoms with Crippen molar-refractivity contribution < 1.29 is 24.3 Å². The second kappa shape index (κ2) is 20.1. The first-order valence-corrected chi connectivity index (χ1v) is 14.2. The summed E-state index contributed by atoms with van der Waals surface area (Å²) in [6, 6.07) is -3.23. The molecule has 0 aromatic rings. The molecule has 5 amide bonds. The van der Waals surface area contributed by atoms with Gasteiger partial charge in [-0.3, -0.25) is 14.4 Å². The third-order valence-electron chi connectivity index (χ3n) is 6.29. The molecule has 0 saturated carbocycles. The number of carbonyl (C=O) groups excluding carboxylic acids is 4. The SMILES string of the molecule is CCCCCCCCCCCCNC(=O)NC(C(=O)N[C@H]1/C=C/CCNC(=O)/C=C/[C@H](C)NC1=O)C(C)O. The monoisotopic (exact) mass is 535 g/mol. The van der Waals surface area contributed by atoms with Crippen molar-refractivity contribution in [3.05, 3.63) is 24.3 Å². The van der Waals surface area contributed by atoms with Crippen molar-refractivity contribution in [3.63, 3.8) is 0 Å². The van der Waals surface area contributed by atoms with Gasteiger partial charge in [0.15, 0.2) is 0 Å². The largest absolute Gasteiger partial charge is 0.391 e. The van der Waals surface area contributed by atoms with Crippen LogP contribution in [-0.2, 0) is 14.4 Å². The molecule has 6 N–H and O–H groups in total. The van der Waals surface area contributed by atoms with E-state index in [1.54, 1.807) is 19.1 Å². The smallest absolute Gasteiger partial charge is 0.315 e. The average molecular weight is 536 g/mol. The summed E-state index contributed by atoms with van der Waals surface area (Å²) in [6.07, 6.45) is 17.4. The Kier molecular flexibility index (Phi) is 17.6. The Morgan fingerprint density at radius 3 is 2.29 bits per heavy atom. The molecule has 1 rings (SSSR count). The Morgan fingerprint density at radius 2 is 1.66 bits per heavy atom. The van der Waals surface area contributed by atoms with Crippen LogP contribution in [0.3, 0.4) is 0 Å². The summed E-state index contributed by atoms with van der Waals surface area (Å²) in [5.41, 5.74) is 0. The molecular formula is C28H49N5O5. The van der Waals surface area contributed by atoms with E-state index in [4.69, 9.17) is 0 Å². The summed E-state index contributed by atoms with van der Waals surface area (Å²) >= 11 is 0. The molecule has 0 aliphatic carbocycles. The van der Waals surface area contributed by atoms with Gasteiger partial charge in [-0.25, -0.2) is 4.79 Å². The highest BCUT2D eigenvalue weighted by Gasteiger charge is 2.29. The van der Waals surface area contributed by atoms with Crippen molar-refractivity contribution in [2.24, 2.45) is 0 Å². The first kappa shape index (κ1) is 33.1. The minimum Gasteiger partial charge on any atom is -0.391 e. The summed E-state index contributed by atoms with van der Waals surface area (Å²) in [5.74, 6) is -1.40. The van der Waals surface area contributed by atoms with Crippen LogP contribution in [0.2, 0.25) is 0 Å². The number of unbranched alkanes of at least 4 members (excludes halogenated alkanes) is 9. The number of carbonyl (C=O) groups is 4. The van der Waals surface area contributed by atoms with Crippen molar-refractivity contribution in [1.29, 1.82) is 0 Å². The van der Waals surface area contributed by atoms with E-state index in [0.717, 1.165) is 19.3 Å². The molecule has 2 unspecified atom stereocenters. The van der Waals surface area contributed by atoms with E-state index in [-0.39, 0.29) is 5.91 Å². The maximum Gasteiger partial charge on any atom is 0.315 e. The molecule has 10 nitrogen and oxygen atoms in total. The van der Waals surface area contributed by atoms with E-state index in [9.17, 15) is 24.3 Å². The van der Waals surface area contributed by atoms with Crippen LogP contribution in [0.25, 0.3) is 0 Å². The van der Waals surface area contributed by atoms with Gasteiger partial charge in [0.05, 0.1) is 6.10 Å². The number of hydrogen-bond acceptors (Lipinski definition) is 5. The Balaban J connectivity index is 2.48. The zero-order chi connectivity index (χ0) is 28.2. The van der Waals surface area contributed by atoms with E-state index >= 15 is 0 Å². The molecule has 4 atom stereocenters. The minimum absolute atomic E-state index is 0.248. The maximum atomic E-state index is 12.9. The fraction of sp³-hybridized carbons (Fsp3) is 0.714. The molecule has 1 aliphatic heterocycles. The zero-order valence-corrected chi connectivity index (χ0v) is 23.4. The third-order valence-corrected chi connectivity index (χ3v) is 6.29. The van der Waals surface area contributed by atoms with Crippen LogP contribution in [0.1, 0.15) is 91.4 Å². The van der Waals surface area contributed by atoms with Gasteiger partial charge in [0, 0.05) is 25.2 Å². The van der Waals surface area contributed by atoms with Crippen LogP contribution in [0, 0.1) is 0 Å². The lowest BCUT2D eigenvalue weighted by atomic mass is 10.1. The highest BCUT2D eigenvalue weighted by atomic mass is 16.3. The summed E-state index contributed by atoms with van der Waals surface area (Å²) in [5, 5.41) is 23.4. The number of aliphatic hydroxyl groups is 1. The number of urea groups is 1. The molecular weight excluding hydrogens is 486 g/mol. The molecule has 10 heteroatoms. The molecule has 0 bridgehead atoms. The molecule has 1 heterocycles. The van der Waals surface area contributed by atoms with E-state index in [0.29, 0.717) is 19.5 Å². The maximum absolute atomic E-state index is 12.9. The molecule has 0 saturated heterocycles. The van der Waals surface area contributed by atoms with Crippen LogP contribution in [-0.4, -0.2) is 66.2 Å². The minimum atomic E-state index is -1.23. The summed E-state index contributed by atoms with van der Waals surface area (Å²) in [6.45, 7) is 6.19. The Bertz CT molecular complexity index is 784. The van der Waals surface area contributed by atoms with Gasteiger partial charge >= 0.3 is 6.03 Å². The van der Waals surface area contributed by atoms with Gasteiger partial charge < -0.3 is 31.7 Å². The van der Waals surface area contributed by atoms with Crippen molar-refractivity contribution in [2.75, 3.05) is 13.1 Å². The first-order chi connectivity index (χ1) is 18.2. The van der Waals surface area contributed by atoms with Crippen LogP contribution >= 0.6 is 0 Å². The molecule has 1 aliphatic rings. The number of rotatable bonds is 15. The van der Waals surface area contributed by atoms with Gasteiger partial charge in [-0.05, 0) is 26.7 Å². The number of hydrogen-bond donors (Lipinski definition) is 6. The van der Waals surface area contributed by atoms with Gasteiger partial charge in [0.2, 0.25) is 17.7 Å². The number of amides is 5. The van der Waals surface area contributed by atoms with Crippen molar-refractivity contribution in [3.8, 4) is 0 Å². The Hall–Kier alpha value is -2.88. The van der Waals surface area contributed by atoms with Crippen LogP contribution in [0.5, 0.6) is 0 Å². The summed E-state index contributed by atoms with van der Waals surface area (Å²) in [4.78, 5) is 49.7. The van der Waals surface area contributed by atoms with E-state index in [1.807, 2.05) is 0 Å². The lowest BCUT2D eigenvalue weighted by molar-refractivity contribution is -0.130. The lowest BCUT2D eigenvalue weighted by Crippen LogP contribution is -2.58.